The summed E-state index contributed by atoms with van der Waals surface area (Å²) in [5, 5.41) is 2.81. The summed E-state index contributed by atoms with van der Waals surface area (Å²) >= 11 is 0. The fourth-order valence-corrected chi connectivity index (χ4v) is 0.977. The standard InChI is InChI=1S/C10H21NO4/c1-4-5-14-6-7-15-8-9(11-2)10(12)13-3/h9,11H,4-8H2,1-3H3. The van der Waals surface area contributed by atoms with E-state index in [0.717, 1.165) is 13.0 Å². The topological polar surface area (TPSA) is 56.8 Å². The molecule has 0 aromatic rings. The summed E-state index contributed by atoms with van der Waals surface area (Å²) in [7, 11) is 3.05. The molecule has 1 atom stereocenters. The van der Waals surface area contributed by atoms with E-state index in [1.165, 1.54) is 7.11 Å². The molecule has 5 heteroatoms. The Kier molecular flexibility index (Phi) is 9.46. The highest BCUT2D eigenvalue weighted by atomic mass is 16.5. The first kappa shape index (κ1) is 14.3. The molecule has 5 nitrogen and oxygen atoms in total. The van der Waals surface area contributed by atoms with Crippen molar-refractivity contribution >= 4 is 5.97 Å². The van der Waals surface area contributed by atoms with Gasteiger partial charge >= 0.3 is 5.97 Å². The fourth-order valence-electron chi connectivity index (χ4n) is 0.977. The average Bonchev–Trinajstić information content (AvgIpc) is 2.27. The number of rotatable bonds is 9. The summed E-state index contributed by atoms with van der Waals surface area (Å²) in [4.78, 5) is 11.1. The minimum Gasteiger partial charge on any atom is -0.468 e. The van der Waals surface area contributed by atoms with Gasteiger partial charge in [0.2, 0.25) is 0 Å². The highest BCUT2D eigenvalue weighted by molar-refractivity contribution is 5.75. The van der Waals surface area contributed by atoms with E-state index in [1.807, 2.05) is 0 Å². The number of carbonyl (C=O) groups is 1. The second-order valence-electron chi connectivity index (χ2n) is 3.05. The van der Waals surface area contributed by atoms with Crippen LogP contribution in [0.3, 0.4) is 0 Å². The summed E-state index contributed by atoms with van der Waals surface area (Å²) in [5.74, 6) is -0.313. The molecule has 1 unspecified atom stereocenters. The van der Waals surface area contributed by atoms with Gasteiger partial charge in [-0.15, -0.1) is 0 Å². The van der Waals surface area contributed by atoms with Crippen molar-refractivity contribution in [3.05, 3.63) is 0 Å². The van der Waals surface area contributed by atoms with Gasteiger partial charge in [-0.3, -0.25) is 4.79 Å². The molecule has 0 heterocycles. The normalized spacial score (nSPS) is 12.5. The third-order valence-corrected chi connectivity index (χ3v) is 1.84. The molecule has 0 amide bonds. The van der Waals surface area contributed by atoms with Crippen LogP contribution in [0.2, 0.25) is 0 Å². The first-order valence-corrected chi connectivity index (χ1v) is 5.16. The molecule has 0 aliphatic rings. The summed E-state index contributed by atoms with van der Waals surface area (Å²) in [6.07, 6.45) is 1.00. The average molecular weight is 219 g/mol. The van der Waals surface area contributed by atoms with Crippen LogP contribution in [0, 0.1) is 0 Å². The van der Waals surface area contributed by atoms with Crippen molar-refractivity contribution < 1.29 is 19.0 Å². The Morgan fingerprint density at radius 1 is 1.27 bits per heavy atom. The molecule has 90 valence electrons. The van der Waals surface area contributed by atoms with Crippen molar-refractivity contribution in [1.29, 1.82) is 0 Å². The van der Waals surface area contributed by atoms with E-state index < -0.39 is 6.04 Å². The van der Waals surface area contributed by atoms with Gasteiger partial charge in [-0.2, -0.15) is 0 Å². The number of likely N-dealkylation sites (N-methyl/N-ethyl adjacent to an activating group) is 1. The van der Waals surface area contributed by atoms with Crippen LogP contribution in [0.5, 0.6) is 0 Å². The van der Waals surface area contributed by atoms with Gasteiger partial charge in [0.25, 0.3) is 0 Å². The maximum Gasteiger partial charge on any atom is 0.325 e. The van der Waals surface area contributed by atoms with E-state index >= 15 is 0 Å². The van der Waals surface area contributed by atoms with Gasteiger partial charge in [0.05, 0.1) is 26.9 Å². The molecular weight excluding hydrogens is 198 g/mol. The van der Waals surface area contributed by atoms with Gasteiger partial charge in [0, 0.05) is 6.61 Å². The number of hydrogen-bond donors (Lipinski definition) is 1. The minimum absolute atomic E-state index is 0.304. The Balaban J connectivity index is 3.42. The zero-order valence-electron chi connectivity index (χ0n) is 9.75. The predicted octanol–water partition coefficient (Wildman–Crippen LogP) is 0.191. The van der Waals surface area contributed by atoms with E-state index in [2.05, 4.69) is 17.0 Å². The Labute approximate surface area is 91.1 Å². The molecule has 0 fully saturated rings. The number of methoxy groups -OCH3 is 1. The molecule has 1 N–H and O–H groups in total. The van der Waals surface area contributed by atoms with Crippen LogP contribution in [0.4, 0.5) is 0 Å². The lowest BCUT2D eigenvalue weighted by Crippen LogP contribution is -2.39. The fraction of sp³-hybridized carbons (Fsp3) is 0.900. The Morgan fingerprint density at radius 3 is 2.47 bits per heavy atom. The highest BCUT2D eigenvalue weighted by Gasteiger charge is 2.16. The van der Waals surface area contributed by atoms with E-state index in [4.69, 9.17) is 9.47 Å². The number of hydrogen-bond acceptors (Lipinski definition) is 5. The van der Waals surface area contributed by atoms with Crippen LogP contribution < -0.4 is 5.32 Å². The first-order chi connectivity index (χ1) is 7.26. The molecule has 0 spiro atoms. The van der Waals surface area contributed by atoms with Crippen molar-refractivity contribution in [2.75, 3.05) is 40.6 Å². The zero-order chi connectivity index (χ0) is 11.5. The van der Waals surface area contributed by atoms with Crippen LogP contribution in [-0.4, -0.2) is 52.6 Å². The summed E-state index contributed by atoms with van der Waals surface area (Å²) in [6.45, 7) is 4.16. The Morgan fingerprint density at radius 2 is 1.93 bits per heavy atom. The van der Waals surface area contributed by atoms with Gasteiger partial charge in [0.1, 0.15) is 6.04 Å². The summed E-state index contributed by atoms with van der Waals surface area (Å²) in [5.41, 5.74) is 0. The van der Waals surface area contributed by atoms with Crippen LogP contribution in [0.15, 0.2) is 0 Å². The van der Waals surface area contributed by atoms with E-state index in [0.29, 0.717) is 19.8 Å². The van der Waals surface area contributed by atoms with Gasteiger partial charge in [-0.25, -0.2) is 0 Å². The van der Waals surface area contributed by atoms with Crippen molar-refractivity contribution in [3.8, 4) is 0 Å². The Hall–Kier alpha value is -0.650. The zero-order valence-corrected chi connectivity index (χ0v) is 9.75. The van der Waals surface area contributed by atoms with Crippen LogP contribution in [0.25, 0.3) is 0 Å². The molecule has 0 radical (unpaired) electrons. The lowest BCUT2D eigenvalue weighted by atomic mass is 10.3. The molecule has 0 saturated heterocycles. The largest absolute Gasteiger partial charge is 0.468 e. The van der Waals surface area contributed by atoms with Crippen molar-refractivity contribution in [3.63, 3.8) is 0 Å². The predicted molar refractivity (Wildman–Crippen MR) is 56.8 cm³/mol. The van der Waals surface area contributed by atoms with Crippen LogP contribution >= 0.6 is 0 Å². The molecule has 0 aromatic heterocycles. The number of carbonyl (C=O) groups excluding carboxylic acids is 1. The maximum atomic E-state index is 11.1. The van der Waals surface area contributed by atoms with Gasteiger partial charge in [0.15, 0.2) is 0 Å². The van der Waals surface area contributed by atoms with Crippen molar-refractivity contribution in [1.82, 2.24) is 5.32 Å². The Bertz CT molecular complexity index is 164. The van der Waals surface area contributed by atoms with Crippen LogP contribution in [0.1, 0.15) is 13.3 Å². The SMILES string of the molecule is CCCOCCOCC(NC)C(=O)OC. The number of esters is 1. The quantitative estimate of drug-likeness (QED) is 0.443. The molecule has 0 aromatic carbocycles. The molecular formula is C10H21NO4. The molecule has 0 bridgehead atoms. The molecule has 15 heavy (non-hydrogen) atoms. The highest BCUT2D eigenvalue weighted by Crippen LogP contribution is 1.89. The van der Waals surface area contributed by atoms with Gasteiger partial charge in [-0.05, 0) is 13.5 Å². The molecule has 0 saturated carbocycles. The van der Waals surface area contributed by atoms with E-state index in [1.54, 1.807) is 7.05 Å². The van der Waals surface area contributed by atoms with Crippen molar-refractivity contribution in [2.45, 2.75) is 19.4 Å². The lowest BCUT2D eigenvalue weighted by molar-refractivity contribution is -0.144. The molecule has 0 aliphatic carbocycles. The maximum absolute atomic E-state index is 11.1. The number of ether oxygens (including phenoxy) is 3. The summed E-state index contributed by atoms with van der Waals surface area (Å²) < 4.78 is 15.1. The molecule has 0 aliphatic heterocycles. The second kappa shape index (κ2) is 9.89. The van der Waals surface area contributed by atoms with Crippen molar-refractivity contribution in [2.24, 2.45) is 0 Å². The first-order valence-electron chi connectivity index (χ1n) is 5.16. The van der Waals surface area contributed by atoms with E-state index in [9.17, 15) is 4.79 Å². The monoisotopic (exact) mass is 219 g/mol. The molecule has 0 rings (SSSR count). The minimum atomic E-state index is -0.402. The third kappa shape index (κ3) is 7.30. The second-order valence-corrected chi connectivity index (χ2v) is 3.05. The summed E-state index contributed by atoms with van der Waals surface area (Å²) in [6, 6.07) is -0.402. The smallest absolute Gasteiger partial charge is 0.325 e. The van der Waals surface area contributed by atoms with Crippen LogP contribution in [-0.2, 0) is 19.0 Å². The van der Waals surface area contributed by atoms with E-state index in [-0.39, 0.29) is 5.97 Å². The number of nitrogens with one attached hydrogen (secondary N) is 1. The van der Waals surface area contributed by atoms with Gasteiger partial charge < -0.3 is 19.5 Å². The lowest BCUT2D eigenvalue weighted by Gasteiger charge is -2.13. The third-order valence-electron chi connectivity index (χ3n) is 1.84. The van der Waals surface area contributed by atoms with Gasteiger partial charge in [-0.1, -0.05) is 6.92 Å².